The zero-order valence-corrected chi connectivity index (χ0v) is 20.8. The van der Waals surface area contributed by atoms with Crippen molar-refractivity contribution in [2.75, 3.05) is 26.2 Å². The second-order valence-corrected chi connectivity index (χ2v) is 10.2. The first-order valence-corrected chi connectivity index (χ1v) is 12.6. The third-order valence-electron chi connectivity index (χ3n) is 7.88. The molecule has 1 saturated heterocycles. The molecule has 0 spiro atoms. The Morgan fingerprint density at radius 1 is 1.00 bits per heavy atom. The third-order valence-corrected chi connectivity index (χ3v) is 8.13. The van der Waals surface area contributed by atoms with E-state index in [0.717, 1.165) is 77.1 Å². The first-order chi connectivity index (χ1) is 16.9. The Labute approximate surface area is 209 Å². The summed E-state index contributed by atoms with van der Waals surface area (Å²) in [6, 6.07) is 15.0. The zero-order chi connectivity index (χ0) is 24.3. The van der Waals surface area contributed by atoms with Crippen LogP contribution < -0.4 is 5.62 Å². The van der Waals surface area contributed by atoms with Crippen LogP contribution in [0.15, 0.2) is 48.7 Å². The van der Waals surface area contributed by atoms with Gasteiger partial charge in [-0.25, -0.2) is 0 Å². The van der Waals surface area contributed by atoms with Gasteiger partial charge in [0.25, 0.3) is 0 Å². The van der Waals surface area contributed by atoms with Crippen molar-refractivity contribution in [1.29, 1.82) is 5.41 Å². The molecule has 1 N–H and O–H groups in total. The number of fused-ring (bicyclic) bond motifs is 3. The summed E-state index contributed by atoms with van der Waals surface area (Å²) in [5, 5.41) is 10.7. The Kier molecular flexibility index (Phi) is 5.42. The highest BCUT2D eigenvalue weighted by Crippen LogP contribution is 2.39. The monoisotopic (exact) mass is 488 g/mol. The van der Waals surface area contributed by atoms with Gasteiger partial charge in [0.2, 0.25) is 11.5 Å². The quantitative estimate of drug-likeness (QED) is 0.470. The number of aromatic nitrogens is 3. The number of nitrogens with one attached hydrogen (secondary N) is 1. The standard InChI is InChI=1S/C27H29ClN6O/c1-17(35)32-9-11-33(12-10-32)21-14-22(15-21)34-26-23-13-19(18-3-6-20(28)7-4-18)5-8-24(23)30-16-25(26)31(2)27(34)29/h3-8,13,16,21-22,29H,9-12,14-15H2,1-2H3/t21-,22-. The number of hydrogen-bond donors (Lipinski definition) is 1. The smallest absolute Gasteiger partial charge is 0.219 e. The molecule has 0 radical (unpaired) electrons. The van der Waals surface area contributed by atoms with Crippen LogP contribution >= 0.6 is 11.6 Å². The van der Waals surface area contributed by atoms with Crippen molar-refractivity contribution in [3.05, 3.63) is 59.3 Å². The number of halogens is 1. The molecule has 180 valence electrons. The molecule has 1 amide bonds. The van der Waals surface area contributed by atoms with E-state index in [2.05, 4.69) is 27.7 Å². The summed E-state index contributed by atoms with van der Waals surface area (Å²) in [6.07, 6.45) is 3.94. The molecule has 7 nitrogen and oxygen atoms in total. The maximum Gasteiger partial charge on any atom is 0.219 e. The van der Waals surface area contributed by atoms with Gasteiger partial charge >= 0.3 is 0 Å². The van der Waals surface area contributed by atoms with Gasteiger partial charge in [0.05, 0.1) is 22.7 Å². The van der Waals surface area contributed by atoms with Crippen molar-refractivity contribution in [1.82, 2.24) is 23.9 Å². The van der Waals surface area contributed by atoms with Crippen molar-refractivity contribution >= 4 is 39.4 Å². The summed E-state index contributed by atoms with van der Waals surface area (Å²) >= 11 is 6.10. The van der Waals surface area contributed by atoms with Crippen molar-refractivity contribution in [2.45, 2.75) is 31.8 Å². The minimum Gasteiger partial charge on any atom is -0.340 e. The lowest BCUT2D eigenvalue weighted by Gasteiger charge is -2.46. The summed E-state index contributed by atoms with van der Waals surface area (Å²) in [5.74, 6) is 0.166. The highest BCUT2D eigenvalue weighted by molar-refractivity contribution is 6.30. The molecular weight excluding hydrogens is 460 g/mol. The Morgan fingerprint density at radius 2 is 1.69 bits per heavy atom. The van der Waals surface area contributed by atoms with Crippen molar-refractivity contribution in [3.63, 3.8) is 0 Å². The van der Waals surface area contributed by atoms with Crippen molar-refractivity contribution in [3.8, 4) is 11.1 Å². The summed E-state index contributed by atoms with van der Waals surface area (Å²) < 4.78 is 4.16. The molecule has 2 aromatic carbocycles. The fourth-order valence-corrected chi connectivity index (χ4v) is 5.82. The lowest BCUT2D eigenvalue weighted by molar-refractivity contribution is -0.131. The number of carbonyl (C=O) groups is 1. The fourth-order valence-electron chi connectivity index (χ4n) is 5.70. The largest absolute Gasteiger partial charge is 0.340 e. The molecule has 0 atom stereocenters. The Balaban J connectivity index is 1.35. The number of pyridine rings is 1. The molecule has 1 saturated carbocycles. The number of nitrogens with zero attached hydrogens (tertiary/aromatic N) is 5. The van der Waals surface area contributed by atoms with Gasteiger partial charge < -0.3 is 14.0 Å². The van der Waals surface area contributed by atoms with E-state index >= 15 is 0 Å². The number of imidazole rings is 1. The molecule has 0 unspecified atom stereocenters. The predicted molar refractivity (Wildman–Crippen MR) is 138 cm³/mol. The molecule has 4 aromatic rings. The lowest BCUT2D eigenvalue weighted by atomic mass is 9.84. The molecule has 3 heterocycles. The van der Waals surface area contributed by atoms with Gasteiger partial charge in [0.15, 0.2) is 0 Å². The minimum atomic E-state index is 0.166. The van der Waals surface area contributed by atoms with E-state index < -0.39 is 0 Å². The van der Waals surface area contributed by atoms with Crippen LogP contribution in [-0.2, 0) is 11.8 Å². The average Bonchev–Trinajstić information content (AvgIpc) is 3.09. The van der Waals surface area contributed by atoms with E-state index in [-0.39, 0.29) is 11.9 Å². The van der Waals surface area contributed by atoms with Crippen LogP contribution in [0.1, 0.15) is 25.8 Å². The number of hydrogen-bond acceptors (Lipinski definition) is 4. The Morgan fingerprint density at radius 3 is 2.37 bits per heavy atom. The van der Waals surface area contributed by atoms with E-state index in [1.807, 2.05) is 47.0 Å². The topological polar surface area (TPSA) is 70.2 Å². The molecule has 6 rings (SSSR count). The van der Waals surface area contributed by atoms with Gasteiger partial charge in [-0.15, -0.1) is 0 Å². The van der Waals surface area contributed by atoms with E-state index in [4.69, 9.17) is 22.0 Å². The Bertz CT molecular complexity index is 1490. The van der Waals surface area contributed by atoms with E-state index in [0.29, 0.717) is 11.7 Å². The van der Waals surface area contributed by atoms with Gasteiger partial charge in [-0.1, -0.05) is 29.8 Å². The summed E-state index contributed by atoms with van der Waals surface area (Å²) in [5.41, 5.74) is 5.73. The second-order valence-electron chi connectivity index (χ2n) is 9.80. The van der Waals surface area contributed by atoms with Crippen molar-refractivity contribution < 1.29 is 4.79 Å². The van der Waals surface area contributed by atoms with E-state index in [9.17, 15) is 4.79 Å². The number of aryl methyl sites for hydroxylation is 1. The normalized spacial score (nSPS) is 20.9. The van der Waals surface area contributed by atoms with Gasteiger partial charge in [-0.05, 0) is 48.2 Å². The molecule has 2 aliphatic rings. The summed E-state index contributed by atoms with van der Waals surface area (Å²) in [4.78, 5) is 20.8. The summed E-state index contributed by atoms with van der Waals surface area (Å²) in [6.45, 7) is 5.14. The molecule has 1 aliphatic carbocycles. The van der Waals surface area contributed by atoms with E-state index in [1.54, 1.807) is 6.92 Å². The number of carbonyl (C=O) groups excluding carboxylic acids is 1. The molecule has 0 bridgehead atoms. The first-order valence-electron chi connectivity index (χ1n) is 12.2. The highest BCUT2D eigenvalue weighted by Gasteiger charge is 2.37. The van der Waals surface area contributed by atoms with Crippen LogP contribution in [0.25, 0.3) is 33.1 Å². The number of piperazine rings is 1. The van der Waals surface area contributed by atoms with Crippen LogP contribution in [0, 0.1) is 5.41 Å². The minimum absolute atomic E-state index is 0.166. The van der Waals surface area contributed by atoms with Crippen LogP contribution in [0.3, 0.4) is 0 Å². The average molecular weight is 489 g/mol. The maximum atomic E-state index is 11.7. The lowest BCUT2D eigenvalue weighted by Crippen LogP contribution is -2.55. The van der Waals surface area contributed by atoms with E-state index in [1.165, 1.54) is 0 Å². The second kappa shape index (κ2) is 8.50. The molecular formula is C27H29ClN6O. The summed E-state index contributed by atoms with van der Waals surface area (Å²) in [7, 11) is 1.95. The molecule has 2 fully saturated rings. The van der Waals surface area contributed by atoms with Gasteiger partial charge in [-0.2, -0.15) is 0 Å². The van der Waals surface area contributed by atoms with Crippen LogP contribution in [0.5, 0.6) is 0 Å². The number of benzene rings is 2. The van der Waals surface area contributed by atoms with Crippen LogP contribution in [0.2, 0.25) is 5.02 Å². The Hall–Kier alpha value is -3.16. The van der Waals surface area contributed by atoms with Crippen LogP contribution in [-0.4, -0.2) is 62.0 Å². The maximum absolute atomic E-state index is 11.7. The first kappa shape index (κ1) is 22.3. The molecule has 1 aliphatic heterocycles. The number of amides is 1. The molecule has 2 aromatic heterocycles. The predicted octanol–water partition coefficient (Wildman–Crippen LogP) is 4.20. The van der Waals surface area contributed by atoms with Gasteiger partial charge in [-0.3, -0.25) is 20.1 Å². The fraction of sp³-hybridized carbons (Fsp3) is 0.370. The third kappa shape index (κ3) is 3.74. The molecule has 35 heavy (non-hydrogen) atoms. The highest BCUT2D eigenvalue weighted by atomic mass is 35.5. The van der Waals surface area contributed by atoms with Gasteiger partial charge in [0.1, 0.15) is 0 Å². The van der Waals surface area contributed by atoms with Gasteiger partial charge in [0, 0.05) is 62.6 Å². The SMILES string of the molecule is CC(=O)N1CCN([C@H]2C[C@H](n3c(=N)n(C)c4cnc5ccc(-c6ccc(Cl)cc6)cc5c43)C2)CC1. The molecule has 8 heteroatoms. The number of rotatable bonds is 3. The van der Waals surface area contributed by atoms with Crippen LogP contribution in [0.4, 0.5) is 0 Å². The zero-order valence-electron chi connectivity index (χ0n) is 20.0. The van der Waals surface area contributed by atoms with Crippen molar-refractivity contribution in [2.24, 2.45) is 7.05 Å².